The third kappa shape index (κ3) is 2.36. The summed E-state index contributed by atoms with van der Waals surface area (Å²) in [6, 6.07) is 10.2. The molecule has 1 heterocycles. The average molecular weight is 328 g/mol. The monoisotopic (exact) mass is 328 g/mol. The number of nitrogen functional groups attached to an aromatic ring is 1. The molecule has 1 saturated carbocycles. The van der Waals surface area contributed by atoms with E-state index in [9.17, 15) is 8.78 Å². The van der Waals surface area contributed by atoms with Gasteiger partial charge in [0.15, 0.2) is 0 Å². The first-order chi connectivity index (χ1) is 11.3. The molecular weight excluding hydrogens is 306 g/mol. The first-order valence-corrected chi connectivity index (χ1v) is 8.39. The minimum atomic E-state index is -2.51. The third-order valence-electron chi connectivity index (χ3n) is 5.57. The van der Waals surface area contributed by atoms with E-state index in [1.807, 2.05) is 18.2 Å². The van der Waals surface area contributed by atoms with E-state index in [1.54, 1.807) is 0 Å². The van der Waals surface area contributed by atoms with Crippen LogP contribution < -0.4 is 11.1 Å². The number of anilines is 2. The Balaban J connectivity index is 1.67. The maximum Gasteiger partial charge on any atom is 0.250 e. The molecule has 2 aliphatic rings. The fourth-order valence-corrected chi connectivity index (χ4v) is 4.42. The Morgan fingerprint density at radius 3 is 2.38 bits per heavy atom. The lowest BCUT2D eigenvalue weighted by Gasteiger charge is -2.44. The molecule has 3 N–H and O–H groups in total. The van der Waals surface area contributed by atoms with Gasteiger partial charge < -0.3 is 11.1 Å². The van der Waals surface area contributed by atoms with Gasteiger partial charge in [0.2, 0.25) is 5.92 Å². The van der Waals surface area contributed by atoms with Crippen LogP contribution in [0.15, 0.2) is 30.3 Å². The number of aryl methyl sites for hydroxylation is 2. The van der Waals surface area contributed by atoms with Crippen molar-refractivity contribution in [1.82, 2.24) is 0 Å². The predicted molar refractivity (Wildman–Crippen MR) is 93.9 cm³/mol. The zero-order valence-electron chi connectivity index (χ0n) is 14.0. The van der Waals surface area contributed by atoms with Gasteiger partial charge in [-0.05, 0) is 66.3 Å². The van der Waals surface area contributed by atoms with Gasteiger partial charge in [-0.1, -0.05) is 12.1 Å². The molecule has 4 heteroatoms. The highest BCUT2D eigenvalue weighted by molar-refractivity contribution is 5.63. The van der Waals surface area contributed by atoms with Crippen LogP contribution in [-0.2, 0) is 11.8 Å². The first-order valence-electron chi connectivity index (χ1n) is 8.39. The molecule has 1 aliphatic carbocycles. The van der Waals surface area contributed by atoms with Gasteiger partial charge in [0.1, 0.15) is 0 Å². The lowest BCUT2D eigenvalue weighted by molar-refractivity contribution is -0.120. The molecule has 1 aliphatic heterocycles. The minimum Gasteiger partial charge on any atom is -0.399 e. The molecule has 0 bridgehead atoms. The van der Waals surface area contributed by atoms with E-state index >= 15 is 0 Å². The summed E-state index contributed by atoms with van der Waals surface area (Å²) in [4.78, 5) is 0. The van der Waals surface area contributed by atoms with Gasteiger partial charge in [0, 0.05) is 36.2 Å². The molecular formula is C20H22F2N2. The number of rotatable bonds is 2. The van der Waals surface area contributed by atoms with Crippen molar-refractivity contribution < 1.29 is 8.78 Å². The van der Waals surface area contributed by atoms with Gasteiger partial charge in [-0.3, -0.25) is 0 Å². The number of hydrogen-bond donors (Lipinski definition) is 2. The summed E-state index contributed by atoms with van der Waals surface area (Å²) in [5.74, 6) is -2.51. The van der Waals surface area contributed by atoms with Crippen LogP contribution >= 0.6 is 0 Å². The Hall–Kier alpha value is -2.10. The molecule has 126 valence electrons. The summed E-state index contributed by atoms with van der Waals surface area (Å²) in [6.07, 6.45) is 0.727. The number of nitrogens with one attached hydrogen (secondary N) is 1. The van der Waals surface area contributed by atoms with Crippen LogP contribution in [0.5, 0.6) is 0 Å². The summed E-state index contributed by atoms with van der Waals surface area (Å²) in [5, 5.41) is 3.30. The van der Waals surface area contributed by atoms with Gasteiger partial charge in [-0.15, -0.1) is 0 Å². The molecule has 0 radical (unpaired) electrons. The van der Waals surface area contributed by atoms with Crippen molar-refractivity contribution in [2.24, 2.45) is 0 Å². The third-order valence-corrected chi connectivity index (χ3v) is 5.57. The molecule has 0 atom stereocenters. The van der Waals surface area contributed by atoms with Gasteiger partial charge >= 0.3 is 0 Å². The lowest BCUT2D eigenvalue weighted by atomic mass is 9.63. The average Bonchev–Trinajstić information content (AvgIpc) is 2.80. The highest BCUT2D eigenvalue weighted by atomic mass is 19.3. The van der Waals surface area contributed by atoms with Crippen molar-refractivity contribution in [3.05, 3.63) is 58.1 Å². The predicted octanol–water partition coefficient (Wildman–Crippen LogP) is 4.57. The second-order valence-electron chi connectivity index (χ2n) is 7.53. The zero-order chi connectivity index (χ0) is 17.1. The smallest absolute Gasteiger partial charge is 0.250 e. The number of hydrogen-bond acceptors (Lipinski definition) is 2. The molecule has 24 heavy (non-hydrogen) atoms. The maximum absolute atomic E-state index is 13.5. The Bertz CT molecular complexity index is 795. The van der Waals surface area contributed by atoms with Crippen molar-refractivity contribution in [2.45, 2.75) is 44.4 Å². The van der Waals surface area contributed by atoms with Gasteiger partial charge in [0.25, 0.3) is 0 Å². The second kappa shape index (κ2) is 4.95. The summed E-state index contributed by atoms with van der Waals surface area (Å²) in [7, 11) is 0. The topological polar surface area (TPSA) is 38.0 Å². The number of fused-ring (bicyclic) bond motifs is 2. The fraction of sp³-hybridized carbons (Fsp3) is 0.400. The maximum atomic E-state index is 13.5. The molecule has 4 rings (SSSR count). The van der Waals surface area contributed by atoms with Crippen LogP contribution in [0.2, 0.25) is 0 Å². The SMILES string of the molecule is Cc1cc(N)cc(C)c1Cc1ccc2c(c1)C1(CN2)CC(F)(F)C1. The van der Waals surface area contributed by atoms with E-state index in [4.69, 9.17) is 5.73 Å². The molecule has 0 amide bonds. The van der Waals surface area contributed by atoms with E-state index in [0.29, 0.717) is 6.54 Å². The molecule has 2 aromatic carbocycles. The Labute approximate surface area is 141 Å². The lowest BCUT2D eigenvalue weighted by Crippen LogP contribution is -2.50. The normalized spacial score (nSPS) is 19.7. The minimum absolute atomic E-state index is 0.0383. The van der Waals surface area contributed by atoms with Crippen LogP contribution in [-0.4, -0.2) is 12.5 Å². The van der Waals surface area contributed by atoms with Gasteiger partial charge in [-0.2, -0.15) is 0 Å². The van der Waals surface area contributed by atoms with Crippen LogP contribution in [0.3, 0.4) is 0 Å². The summed E-state index contributed by atoms with van der Waals surface area (Å²) < 4.78 is 27.0. The van der Waals surface area contributed by atoms with Gasteiger partial charge in [0.05, 0.1) is 0 Å². The summed E-state index contributed by atoms with van der Waals surface area (Å²) >= 11 is 0. The standard InChI is InChI=1S/C20H22F2N2/c1-12-5-15(23)6-13(2)16(12)7-14-3-4-18-17(8-14)19(11-24-18)9-20(21,22)10-19/h3-6,8,24H,7,9-11,23H2,1-2H3. The van der Waals surface area contributed by atoms with Crippen molar-refractivity contribution in [2.75, 3.05) is 17.6 Å². The van der Waals surface area contributed by atoms with Crippen LogP contribution in [0, 0.1) is 13.8 Å². The Morgan fingerprint density at radius 1 is 1.08 bits per heavy atom. The fourth-order valence-electron chi connectivity index (χ4n) is 4.42. The quantitative estimate of drug-likeness (QED) is 0.793. The summed E-state index contributed by atoms with van der Waals surface area (Å²) in [5.41, 5.74) is 13.2. The van der Waals surface area contributed by atoms with Crippen molar-refractivity contribution in [3.8, 4) is 0 Å². The zero-order valence-corrected chi connectivity index (χ0v) is 14.0. The van der Waals surface area contributed by atoms with Gasteiger partial charge in [-0.25, -0.2) is 8.78 Å². The largest absolute Gasteiger partial charge is 0.399 e. The van der Waals surface area contributed by atoms with E-state index in [0.717, 1.165) is 23.4 Å². The number of alkyl halides is 2. The van der Waals surface area contributed by atoms with Crippen LogP contribution in [0.4, 0.5) is 20.2 Å². The van der Waals surface area contributed by atoms with Crippen LogP contribution in [0.25, 0.3) is 0 Å². The molecule has 2 nitrogen and oxygen atoms in total. The summed E-state index contributed by atoms with van der Waals surface area (Å²) in [6.45, 7) is 4.77. The van der Waals surface area contributed by atoms with Crippen LogP contribution in [0.1, 0.15) is 40.7 Å². The molecule has 1 fully saturated rings. The molecule has 0 saturated heterocycles. The number of halogens is 2. The second-order valence-corrected chi connectivity index (χ2v) is 7.53. The number of benzene rings is 2. The van der Waals surface area contributed by atoms with E-state index < -0.39 is 5.92 Å². The highest BCUT2D eigenvalue weighted by Crippen LogP contribution is 2.57. The van der Waals surface area contributed by atoms with Crippen molar-refractivity contribution in [1.29, 1.82) is 0 Å². The molecule has 0 unspecified atom stereocenters. The Kier molecular flexibility index (Phi) is 3.18. The molecule has 1 spiro atoms. The first kappa shape index (κ1) is 15.4. The number of nitrogens with two attached hydrogens (primary N) is 1. The van der Waals surface area contributed by atoms with E-state index in [1.165, 1.54) is 22.3 Å². The van der Waals surface area contributed by atoms with Crippen molar-refractivity contribution in [3.63, 3.8) is 0 Å². The van der Waals surface area contributed by atoms with E-state index in [2.05, 4.69) is 31.3 Å². The van der Waals surface area contributed by atoms with Crippen molar-refractivity contribution >= 4 is 11.4 Å². The molecule has 2 aromatic rings. The highest BCUT2D eigenvalue weighted by Gasteiger charge is 2.59. The molecule has 0 aromatic heterocycles. The van der Waals surface area contributed by atoms with E-state index in [-0.39, 0.29) is 18.3 Å². The Morgan fingerprint density at radius 2 is 1.75 bits per heavy atom.